The van der Waals surface area contributed by atoms with E-state index in [1.807, 2.05) is 12.3 Å². The second-order valence-electron chi connectivity index (χ2n) is 6.39. The smallest absolute Gasteiger partial charge is 0.128 e. The zero-order valence-electron chi connectivity index (χ0n) is 14.6. The van der Waals surface area contributed by atoms with Gasteiger partial charge >= 0.3 is 0 Å². The molecular formula is C23H17NO2. The maximum absolute atomic E-state index is 5.68. The fraction of sp³-hybridized carbons (Fsp3) is 0.0870. The first-order chi connectivity index (χ1) is 12.8. The molecule has 4 aromatic carbocycles. The van der Waals surface area contributed by atoms with Crippen LogP contribution in [0.3, 0.4) is 0 Å². The van der Waals surface area contributed by atoms with Crippen LogP contribution in [0, 0.1) is 0 Å². The number of nitrogens with zero attached hydrogens (tertiary/aromatic N) is 1. The van der Waals surface area contributed by atoms with Crippen LogP contribution in [0.25, 0.3) is 43.2 Å². The standard InChI is InChI=1S/C23H17NO2/c1-25-16-9-7-15-11-21(26-2)19-13-24-20-10-8-14-5-3-4-6-17(14)23(20)22(19)18(15)12-16/h3-13H,1-2H3. The molecule has 1 aromatic heterocycles. The number of hydrogen-bond acceptors (Lipinski definition) is 3. The van der Waals surface area contributed by atoms with Gasteiger partial charge in [0.25, 0.3) is 0 Å². The summed E-state index contributed by atoms with van der Waals surface area (Å²) in [5.74, 6) is 1.68. The summed E-state index contributed by atoms with van der Waals surface area (Å²) in [4.78, 5) is 4.71. The Morgan fingerprint density at radius 1 is 0.692 bits per heavy atom. The van der Waals surface area contributed by atoms with Crippen LogP contribution in [0.4, 0.5) is 0 Å². The van der Waals surface area contributed by atoms with Crippen LogP contribution < -0.4 is 9.47 Å². The average Bonchev–Trinajstić information content (AvgIpc) is 2.71. The summed E-state index contributed by atoms with van der Waals surface area (Å²) in [6, 6.07) is 20.9. The number of fused-ring (bicyclic) bond motifs is 7. The first-order valence-corrected chi connectivity index (χ1v) is 8.55. The fourth-order valence-electron chi connectivity index (χ4n) is 3.82. The van der Waals surface area contributed by atoms with Crippen LogP contribution in [0.1, 0.15) is 0 Å². The predicted molar refractivity (Wildman–Crippen MR) is 107 cm³/mol. The van der Waals surface area contributed by atoms with Gasteiger partial charge in [0.05, 0.1) is 19.7 Å². The highest BCUT2D eigenvalue weighted by atomic mass is 16.5. The van der Waals surface area contributed by atoms with Crippen molar-refractivity contribution in [3.8, 4) is 11.5 Å². The molecule has 0 amide bonds. The molecular weight excluding hydrogens is 322 g/mol. The molecule has 0 spiro atoms. The van der Waals surface area contributed by atoms with E-state index in [4.69, 9.17) is 14.5 Å². The van der Waals surface area contributed by atoms with E-state index in [9.17, 15) is 0 Å². The molecule has 0 radical (unpaired) electrons. The Bertz CT molecular complexity index is 1310. The van der Waals surface area contributed by atoms with E-state index in [1.165, 1.54) is 10.8 Å². The second-order valence-corrected chi connectivity index (χ2v) is 6.39. The van der Waals surface area contributed by atoms with Crippen molar-refractivity contribution in [2.24, 2.45) is 0 Å². The van der Waals surface area contributed by atoms with E-state index in [1.54, 1.807) is 14.2 Å². The van der Waals surface area contributed by atoms with Crippen LogP contribution in [-0.2, 0) is 0 Å². The van der Waals surface area contributed by atoms with Gasteiger partial charge in [0.1, 0.15) is 11.5 Å². The molecule has 0 aliphatic heterocycles. The van der Waals surface area contributed by atoms with Crippen LogP contribution >= 0.6 is 0 Å². The molecule has 0 saturated heterocycles. The number of benzene rings is 4. The third-order valence-electron chi connectivity index (χ3n) is 5.06. The van der Waals surface area contributed by atoms with Crippen LogP contribution in [0.15, 0.2) is 66.9 Å². The molecule has 3 nitrogen and oxygen atoms in total. The lowest BCUT2D eigenvalue weighted by Gasteiger charge is -2.14. The first-order valence-electron chi connectivity index (χ1n) is 8.55. The predicted octanol–water partition coefficient (Wildman–Crippen LogP) is 5.71. The van der Waals surface area contributed by atoms with Crippen molar-refractivity contribution in [2.45, 2.75) is 0 Å². The quantitative estimate of drug-likeness (QED) is 0.386. The van der Waals surface area contributed by atoms with Crippen molar-refractivity contribution in [1.29, 1.82) is 0 Å². The van der Waals surface area contributed by atoms with Gasteiger partial charge < -0.3 is 9.47 Å². The number of ether oxygens (including phenoxy) is 2. The summed E-state index contributed by atoms with van der Waals surface area (Å²) >= 11 is 0. The van der Waals surface area contributed by atoms with E-state index in [0.29, 0.717) is 0 Å². The topological polar surface area (TPSA) is 31.4 Å². The molecule has 1 heterocycles. The SMILES string of the molecule is COc1ccc2cc(OC)c3cnc4ccc5ccccc5c4c3c2c1. The summed E-state index contributed by atoms with van der Waals surface area (Å²) in [6.45, 7) is 0. The number of methoxy groups -OCH3 is 2. The van der Waals surface area contributed by atoms with Crippen LogP contribution in [0.5, 0.6) is 11.5 Å². The largest absolute Gasteiger partial charge is 0.497 e. The maximum Gasteiger partial charge on any atom is 0.128 e. The number of aromatic nitrogens is 1. The molecule has 126 valence electrons. The fourth-order valence-corrected chi connectivity index (χ4v) is 3.82. The molecule has 26 heavy (non-hydrogen) atoms. The van der Waals surface area contributed by atoms with Crippen molar-refractivity contribution in [2.75, 3.05) is 14.2 Å². The molecule has 0 aliphatic carbocycles. The Kier molecular flexibility index (Phi) is 3.22. The van der Waals surface area contributed by atoms with Gasteiger partial charge in [0.15, 0.2) is 0 Å². The van der Waals surface area contributed by atoms with E-state index < -0.39 is 0 Å². The van der Waals surface area contributed by atoms with E-state index in [2.05, 4.69) is 54.6 Å². The Labute approximate surface area is 150 Å². The zero-order chi connectivity index (χ0) is 17.7. The van der Waals surface area contributed by atoms with Gasteiger partial charge in [-0.2, -0.15) is 0 Å². The molecule has 0 fully saturated rings. The third-order valence-corrected chi connectivity index (χ3v) is 5.06. The maximum atomic E-state index is 5.68. The number of pyridine rings is 1. The Morgan fingerprint density at radius 3 is 2.38 bits per heavy atom. The molecule has 0 N–H and O–H groups in total. The summed E-state index contributed by atoms with van der Waals surface area (Å²) < 4.78 is 11.2. The zero-order valence-corrected chi connectivity index (χ0v) is 14.6. The molecule has 0 saturated carbocycles. The minimum Gasteiger partial charge on any atom is -0.497 e. The molecule has 0 aliphatic rings. The second kappa shape index (κ2) is 5.60. The third kappa shape index (κ3) is 2.04. The number of rotatable bonds is 2. The monoisotopic (exact) mass is 339 g/mol. The van der Waals surface area contributed by atoms with E-state index in [-0.39, 0.29) is 0 Å². The van der Waals surface area contributed by atoms with Crippen molar-refractivity contribution in [1.82, 2.24) is 4.98 Å². The molecule has 0 unspecified atom stereocenters. The lowest BCUT2D eigenvalue weighted by atomic mass is 9.95. The van der Waals surface area contributed by atoms with Gasteiger partial charge in [-0.1, -0.05) is 36.4 Å². The van der Waals surface area contributed by atoms with Gasteiger partial charge in [-0.25, -0.2) is 0 Å². The summed E-state index contributed by atoms with van der Waals surface area (Å²) in [5, 5.41) is 7.98. The normalized spacial score (nSPS) is 11.5. The van der Waals surface area contributed by atoms with Gasteiger partial charge in [0.2, 0.25) is 0 Å². The van der Waals surface area contributed by atoms with Gasteiger partial charge in [0, 0.05) is 22.4 Å². The lowest BCUT2D eigenvalue weighted by molar-refractivity contribution is 0.415. The van der Waals surface area contributed by atoms with Crippen molar-refractivity contribution in [3.05, 3.63) is 66.9 Å². The molecule has 5 aromatic rings. The van der Waals surface area contributed by atoms with Crippen molar-refractivity contribution in [3.63, 3.8) is 0 Å². The Hall–Kier alpha value is -3.33. The van der Waals surface area contributed by atoms with Gasteiger partial charge in [-0.15, -0.1) is 0 Å². The summed E-state index contributed by atoms with van der Waals surface area (Å²) in [6.07, 6.45) is 1.91. The highest BCUT2D eigenvalue weighted by molar-refractivity contribution is 6.27. The summed E-state index contributed by atoms with van der Waals surface area (Å²) in [5.41, 5.74) is 0.980. The van der Waals surface area contributed by atoms with Crippen LogP contribution in [-0.4, -0.2) is 19.2 Å². The highest BCUT2D eigenvalue weighted by Crippen LogP contribution is 2.40. The molecule has 5 rings (SSSR count). The molecule has 3 heteroatoms. The Morgan fingerprint density at radius 2 is 1.54 bits per heavy atom. The highest BCUT2D eigenvalue weighted by Gasteiger charge is 2.14. The number of hydrogen-bond donors (Lipinski definition) is 0. The minimum atomic E-state index is 0.833. The van der Waals surface area contributed by atoms with Crippen molar-refractivity contribution >= 4 is 43.2 Å². The Balaban J connectivity index is 2.14. The van der Waals surface area contributed by atoms with Crippen molar-refractivity contribution < 1.29 is 9.47 Å². The first kappa shape index (κ1) is 15.0. The molecule has 0 atom stereocenters. The minimum absolute atomic E-state index is 0.833. The average molecular weight is 339 g/mol. The van der Waals surface area contributed by atoms with E-state index in [0.717, 1.165) is 43.9 Å². The van der Waals surface area contributed by atoms with Gasteiger partial charge in [-0.3, -0.25) is 4.98 Å². The van der Waals surface area contributed by atoms with Gasteiger partial charge in [-0.05, 0) is 45.8 Å². The van der Waals surface area contributed by atoms with Crippen LogP contribution in [0.2, 0.25) is 0 Å². The molecule has 0 bridgehead atoms. The lowest BCUT2D eigenvalue weighted by Crippen LogP contribution is -1.91. The van der Waals surface area contributed by atoms with E-state index >= 15 is 0 Å². The summed E-state index contributed by atoms with van der Waals surface area (Å²) in [7, 11) is 3.40.